The van der Waals surface area contributed by atoms with Gasteiger partial charge in [-0.1, -0.05) is 48.6 Å². The SMILES string of the molecule is C[Si](C)(C[C@@H]1[C@@H](O)[C@H](O)[C@H]2CCC(=O)N21)c1ccccc1. The van der Waals surface area contributed by atoms with Gasteiger partial charge in [0.2, 0.25) is 5.91 Å². The number of carbonyl (C=O) groups excluding carboxylic acids is 1. The normalized spacial score (nSPS) is 32.6. The van der Waals surface area contributed by atoms with Gasteiger partial charge in [0.1, 0.15) is 12.2 Å². The molecule has 0 saturated carbocycles. The van der Waals surface area contributed by atoms with E-state index in [2.05, 4.69) is 25.2 Å². The molecule has 4 atom stereocenters. The molecule has 0 bridgehead atoms. The lowest BCUT2D eigenvalue weighted by Crippen LogP contribution is -2.50. The fourth-order valence-corrected chi connectivity index (χ4v) is 6.67. The Morgan fingerprint density at radius 2 is 1.86 bits per heavy atom. The summed E-state index contributed by atoms with van der Waals surface area (Å²) in [6.45, 7) is 4.52. The third-order valence-electron chi connectivity index (χ3n) is 5.07. The van der Waals surface area contributed by atoms with E-state index < -0.39 is 20.3 Å². The molecule has 3 rings (SSSR count). The number of nitrogens with zero attached hydrogens (tertiary/aromatic N) is 1. The quantitative estimate of drug-likeness (QED) is 0.808. The van der Waals surface area contributed by atoms with Crippen LogP contribution >= 0.6 is 0 Å². The second-order valence-electron chi connectivity index (χ2n) is 6.91. The van der Waals surface area contributed by atoms with Crippen LogP contribution in [0.2, 0.25) is 19.1 Å². The van der Waals surface area contributed by atoms with Crippen LogP contribution in [0, 0.1) is 0 Å². The zero-order chi connectivity index (χ0) is 15.2. The van der Waals surface area contributed by atoms with E-state index in [1.165, 1.54) is 5.19 Å². The van der Waals surface area contributed by atoms with Gasteiger partial charge in [-0.2, -0.15) is 0 Å². The number of aliphatic hydroxyl groups excluding tert-OH is 2. The molecule has 0 radical (unpaired) electrons. The number of hydrogen-bond acceptors (Lipinski definition) is 3. The molecular formula is C16H23NO3Si. The van der Waals surface area contributed by atoms with Gasteiger partial charge >= 0.3 is 0 Å². The predicted octanol–water partition coefficient (Wildman–Crippen LogP) is 0.697. The molecular weight excluding hydrogens is 282 g/mol. The maximum Gasteiger partial charge on any atom is 0.223 e. The van der Waals surface area contributed by atoms with E-state index >= 15 is 0 Å². The van der Waals surface area contributed by atoms with Gasteiger partial charge in [-0.15, -0.1) is 0 Å². The molecule has 5 heteroatoms. The molecule has 2 N–H and O–H groups in total. The van der Waals surface area contributed by atoms with E-state index in [4.69, 9.17) is 0 Å². The van der Waals surface area contributed by atoms with E-state index in [0.717, 1.165) is 6.04 Å². The van der Waals surface area contributed by atoms with E-state index in [9.17, 15) is 15.0 Å². The largest absolute Gasteiger partial charge is 0.388 e. The Labute approximate surface area is 126 Å². The Bertz CT molecular complexity index is 534. The zero-order valence-electron chi connectivity index (χ0n) is 12.6. The molecule has 1 aromatic carbocycles. The van der Waals surface area contributed by atoms with E-state index in [1.54, 1.807) is 4.90 Å². The first-order valence-electron chi connectivity index (χ1n) is 7.64. The number of amides is 1. The molecule has 2 fully saturated rings. The highest BCUT2D eigenvalue weighted by molar-refractivity contribution is 6.89. The van der Waals surface area contributed by atoms with Crippen LogP contribution in [0.4, 0.5) is 0 Å². The lowest BCUT2D eigenvalue weighted by molar-refractivity contribution is -0.130. The Morgan fingerprint density at radius 3 is 2.52 bits per heavy atom. The zero-order valence-corrected chi connectivity index (χ0v) is 13.6. The molecule has 1 aromatic rings. The fourth-order valence-electron chi connectivity index (χ4n) is 3.86. The van der Waals surface area contributed by atoms with Crippen LogP contribution in [0.25, 0.3) is 0 Å². The second kappa shape index (κ2) is 5.23. The van der Waals surface area contributed by atoms with Crippen LogP contribution in [0.15, 0.2) is 30.3 Å². The minimum absolute atomic E-state index is 0.0819. The summed E-state index contributed by atoms with van der Waals surface area (Å²) in [5, 5.41) is 21.9. The Hall–Kier alpha value is -1.17. The Balaban J connectivity index is 1.85. The van der Waals surface area contributed by atoms with Crippen molar-refractivity contribution in [3.05, 3.63) is 30.3 Å². The summed E-state index contributed by atoms with van der Waals surface area (Å²) in [4.78, 5) is 13.9. The topological polar surface area (TPSA) is 60.8 Å². The predicted molar refractivity (Wildman–Crippen MR) is 84.0 cm³/mol. The summed E-state index contributed by atoms with van der Waals surface area (Å²) in [5.41, 5.74) is 0. The first kappa shape index (κ1) is 14.8. The second-order valence-corrected chi connectivity index (χ2v) is 11.7. The lowest BCUT2D eigenvalue weighted by Gasteiger charge is -2.32. The highest BCUT2D eigenvalue weighted by atomic mass is 28.3. The van der Waals surface area contributed by atoms with Crippen molar-refractivity contribution >= 4 is 19.2 Å². The van der Waals surface area contributed by atoms with Crippen molar-refractivity contribution in [1.82, 2.24) is 4.90 Å². The molecule has 2 saturated heterocycles. The molecule has 0 unspecified atom stereocenters. The maximum absolute atomic E-state index is 12.1. The summed E-state index contributed by atoms with van der Waals surface area (Å²) in [5.74, 6) is 0.0819. The van der Waals surface area contributed by atoms with Gasteiger partial charge in [0.15, 0.2) is 0 Å². The Kier molecular flexibility index (Phi) is 3.67. The highest BCUT2D eigenvalue weighted by Gasteiger charge is 2.53. The Morgan fingerprint density at radius 1 is 1.19 bits per heavy atom. The van der Waals surface area contributed by atoms with Crippen molar-refractivity contribution in [3.8, 4) is 0 Å². The third-order valence-corrected chi connectivity index (χ3v) is 8.40. The first-order chi connectivity index (χ1) is 9.92. The van der Waals surface area contributed by atoms with Crippen molar-refractivity contribution in [2.75, 3.05) is 0 Å². The minimum Gasteiger partial charge on any atom is -0.388 e. The van der Waals surface area contributed by atoms with Gasteiger partial charge in [0.25, 0.3) is 0 Å². The summed E-state index contributed by atoms with van der Waals surface area (Å²) in [7, 11) is -1.77. The number of benzene rings is 1. The number of rotatable bonds is 3. The lowest BCUT2D eigenvalue weighted by atomic mass is 10.1. The number of hydrogen-bond donors (Lipinski definition) is 2. The van der Waals surface area contributed by atoms with Crippen molar-refractivity contribution < 1.29 is 15.0 Å². The van der Waals surface area contributed by atoms with Crippen LogP contribution in [-0.4, -0.2) is 53.4 Å². The number of carbonyl (C=O) groups is 1. The summed E-state index contributed by atoms with van der Waals surface area (Å²) in [6.07, 6.45) is -0.434. The van der Waals surface area contributed by atoms with Crippen molar-refractivity contribution in [1.29, 1.82) is 0 Å². The third kappa shape index (κ3) is 2.43. The molecule has 114 valence electrons. The van der Waals surface area contributed by atoms with Crippen molar-refractivity contribution in [3.63, 3.8) is 0 Å². The molecule has 0 spiro atoms. The molecule has 2 aliphatic rings. The standard InChI is InChI=1S/C16H23NO3Si/c1-21(2,11-6-4-3-5-7-11)10-13-16(20)15(19)12-8-9-14(18)17(12)13/h3-7,12-13,15-16,19-20H,8-10H2,1-2H3/t12-,13-,15-,16-/m1/s1. The first-order valence-corrected chi connectivity index (χ1v) is 10.9. The van der Waals surface area contributed by atoms with Gasteiger partial charge in [-0.25, -0.2) is 0 Å². The van der Waals surface area contributed by atoms with Gasteiger partial charge in [-0.3, -0.25) is 4.79 Å². The molecule has 0 aromatic heterocycles. The van der Waals surface area contributed by atoms with Crippen LogP contribution in [0.1, 0.15) is 12.8 Å². The van der Waals surface area contributed by atoms with Crippen LogP contribution in [-0.2, 0) is 4.79 Å². The van der Waals surface area contributed by atoms with Gasteiger partial charge in [0.05, 0.1) is 20.2 Å². The average molecular weight is 305 g/mol. The number of fused-ring (bicyclic) bond motifs is 1. The average Bonchev–Trinajstić information content (AvgIpc) is 2.95. The van der Waals surface area contributed by atoms with E-state index in [1.807, 2.05) is 18.2 Å². The van der Waals surface area contributed by atoms with Crippen LogP contribution in [0.5, 0.6) is 0 Å². The molecule has 21 heavy (non-hydrogen) atoms. The molecule has 1 amide bonds. The molecule has 2 aliphatic heterocycles. The maximum atomic E-state index is 12.1. The van der Waals surface area contributed by atoms with Crippen molar-refractivity contribution in [2.45, 2.75) is 56.3 Å². The molecule has 2 heterocycles. The monoisotopic (exact) mass is 305 g/mol. The smallest absolute Gasteiger partial charge is 0.223 e. The summed E-state index contributed by atoms with van der Waals surface area (Å²) < 4.78 is 0. The number of aliphatic hydroxyl groups is 2. The van der Waals surface area contributed by atoms with Gasteiger partial charge < -0.3 is 15.1 Å². The molecule has 4 nitrogen and oxygen atoms in total. The van der Waals surface area contributed by atoms with Gasteiger partial charge in [0, 0.05) is 6.42 Å². The van der Waals surface area contributed by atoms with Crippen LogP contribution < -0.4 is 5.19 Å². The summed E-state index contributed by atoms with van der Waals surface area (Å²) >= 11 is 0. The van der Waals surface area contributed by atoms with E-state index in [-0.39, 0.29) is 18.0 Å². The minimum atomic E-state index is -1.77. The highest BCUT2D eigenvalue weighted by Crippen LogP contribution is 2.37. The van der Waals surface area contributed by atoms with Crippen molar-refractivity contribution in [2.24, 2.45) is 0 Å². The fraction of sp³-hybridized carbons (Fsp3) is 0.562. The van der Waals surface area contributed by atoms with E-state index in [0.29, 0.717) is 12.8 Å². The summed E-state index contributed by atoms with van der Waals surface area (Å²) in [6, 6.07) is 10.7. The van der Waals surface area contributed by atoms with Gasteiger partial charge in [-0.05, 0) is 12.5 Å². The van der Waals surface area contributed by atoms with Crippen LogP contribution in [0.3, 0.4) is 0 Å². The molecule has 0 aliphatic carbocycles.